The summed E-state index contributed by atoms with van der Waals surface area (Å²) in [5.74, 6) is 1.87. The SMILES string of the molecule is Cc1onc(-c2ccccc2)c1-c1nnc(CSc2nc3c(c(C)c2C#N)CCC3)o1. The predicted octanol–water partition coefficient (Wildman–Crippen LogP) is 5.06. The lowest BCUT2D eigenvalue weighted by molar-refractivity contribution is 0.399. The Kier molecular flexibility index (Phi) is 5.04. The second-order valence-electron chi connectivity index (χ2n) is 7.43. The molecule has 1 aliphatic rings. The van der Waals surface area contributed by atoms with Crippen molar-refractivity contribution >= 4 is 11.8 Å². The van der Waals surface area contributed by atoms with Crippen molar-refractivity contribution in [1.82, 2.24) is 20.3 Å². The van der Waals surface area contributed by atoms with Crippen molar-refractivity contribution in [3.8, 4) is 28.8 Å². The lowest BCUT2D eigenvalue weighted by atomic mass is 10.0. The maximum Gasteiger partial charge on any atom is 0.253 e. The van der Waals surface area contributed by atoms with Crippen LogP contribution in [0.4, 0.5) is 0 Å². The normalized spacial score (nSPS) is 12.7. The number of fused-ring (bicyclic) bond motifs is 1. The highest BCUT2D eigenvalue weighted by Gasteiger charge is 2.23. The molecule has 0 bridgehead atoms. The Morgan fingerprint density at radius 1 is 1.13 bits per heavy atom. The molecule has 0 saturated heterocycles. The topological polar surface area (TPSA) is 102 Å². The fourth-order valence-corrected chi connectivity index (χ4v) is 4.84. The molecule has 0 aliphatic heterocycles. The van der Waals surface area contributed by atoms with Crippen LogP contribution in [0.5, 0.6) is 0 Å². The standard InChI is InChI=1S/C23H19N5O2S/c1-13-16-9-6-10-18(16)25-23(17(13)11-24)31-12-19-26-27-22(29-19)20-14(2)30-28-21(20)15-7-4-3-5-8-15/h3-5,7-8H,6,9-10,12H2,1-2H3. The fraction of sp³-hybridized carbons (Fsp3) is 0.261. The van der Waals surface area contributed by atoms with Crippen molar-refractivity contribution in [3.63, 3.8) is 0 Å². The van der Waals surface area contributed by atoms with Gasteiger partial charge in [0.1, 0.15) is 28.1 Å². The van der Waals surface area contributed by atoms with Gasteiger partial charge in [-0.15, -0.1) is 10.2 Å². The summed E-state index contributed by atoms with van der Waals surface area (Å²) in [6.07, 6.45) is 3.06. The van der Waals surface area contributed by atoms with Gasteiger partial charge >= 0.3 is 0 Å². The minimum atomic E-state index is 0.367. The van der Waals surface area contributed by atoms with Crippen LogP contribution >= 0.6 is 11.8 Å². The Bertz CT molecular complexity index is 1300. The maximum absolute atomic E-state index is 9.65. The zero-order valence-electron chi connectivity index (χ0n) is 17.2. The van der Waals surface area contributed by atoms with E-state index in [-0.39, 0.29) is 0 Å². The molecule has 0 saturated carbocycles. The molecular formula is C23H19N5O2S. The molecule has 0 atom stereocenters. The summed E-state index contributed by atoms with van der Waals surface area (Å²) < 4.78 is 11.3. The van der Waals surface area contributed by atoms with Crippen LogP contribution in [0.2, 0.25) is 0 Å². The first-order chi connectivity index (χ1) is 15.2. The lowest BCUT2D eigenvalue weighted by Crippen LogP contribution is -2.00. The van der Waals surface area contributed by atoms with Gasteiger partial charge in [0.25, 0.3) is 5.89 Å². The smallest absolute Gasteiger partial charge is 0.253 e. The average molecular weight is 430 g/mol. The monoisotopic (exact) mass is 429 g/mol. The number of pyridine rings is 1. The molecule has 1 aromatic carbocycles. The number of rotatable bonds is 5. The van der Waals surface area contributed by atoms with Gasteiger partial charge in [-0.05, 0) is 44.2 Å². The summed E-state index contributed by atoms with van der Waals surface area (Å²) in [5.41, 5.74) is 6.32. The number of hydrogen-bond acceptors (Lipinski definition) is 8. The molecule has 0 radical (unpaired) electrons. The Morgan fingerprint density at radius 2 is 1.97 bits per heavy atom. The first-order valence-corrected chi connectivity index (χ1v) is 11.0. The van der Waals surface area contributed by atoms with Crippen LogP contribution in [0.3, 0.4) is 0 Å². The Balaban J connectivity index is 1.41. The first-order valence-electron chi connectivity index (χ1n) is 10.1. The summed E-state index contributed by atoms with van der Waals surface area (Å²) in [4.78, 5) is 4.75. The second-order valence-corrected chi connectivity index (χ2v) is 8.39. The van der Waals surface area contributed by atoms with Crippen LogP contribution in [-0.4, -0.2) is 20.3 Å². The van der Waals surface area contributed by atoms with E-state index in [4.69, 9.17) is 13.9 Å². The minimum absolute atomic E-state index is 0.367. The van der Waals surface area contributed by atoms with Gasteiger partial charge in [-0.25, -0.2) is 4.98 Å². The third-order valence-electron chi connectivity index (χ3n) is 5.50. The number of aryl methyl sites for hydroxylation is 2. The quantitative estimate of drug-likeness (QED) is 0.406. The molecule has 0 amide bonds. The maximum atomic E-state index is 9.65. The van der Waals surface area contributed by atoms with Crippen molar-refractivity contribution in [2.24, 2.45) is 0 Å². The van der Waals surface area contributed by atoms with Gasteiger partial charge in [0.05, 0.1) is 11.3 Å². The molecule has 0 N–H and O–H groups in total. The predicted molar refractivity (Wildman–Crippen MR) is 115 cm³/mol. The van der Waals surface area contributed by atoms with Crippen molar-refractivity contribution in [2.75, 3.05) is 0 Å². The van der Waals surface area contributed by atoms with Crippen molar-refractivity contribution in [1.29, 1.82) is 5.26 Å². The van der Waals surface area contributed by atoms with E-state index in [1.807, 2.05) is 44.2 Å². The van der Waals surface area contributed by atoms with E-state index in [1.54, 1.807) is 0 Å². The highest BCUT2D eigenvalue weighted by Crippen LogP contribution is 2.35. The lowest BCUT2D eigenvalue weighted by Gasteiger charge is -2.10. The minimum Gasteiger partial charge on any atom is -0.420 e. The summed E-state index contributed by atoms with van der Waals surface area (Å²) in [6.45, 7) is 3.84. The zero-order valence-corrected chi connectivity index (χ0v) is 18.0. The second kappa shape index (κ2) is 8.00. The van der Waals surface area contributed by atoms with Gasteiger partial charge in [0.15, 0.2) is 0 Å². The Labute approximate surface area is 183 Å². The average Bonchev–Trinajstić information content (AvgIpc) is 3.52. The molecule has 1 aliphatic carbocycles. The van der Waals surface area contributed by atoms with E-state index in [0.29, 0.717) is 40.1 Å². The van der Waals surface area contributed by atoms with Crippen LogP contribution in [0.25, 0.3) is 22.7 Å². The molecular weight excluding hydrogens is 410 g/mol. The van der Waals surface area contributed by atoms with E-state index >= 15 is 0 Å². The summed E-state index contributed by atoms with van der Waals surface area (Å²) >= 11 is 1.45. The van der Waals surface area contributed by atoms with Crippen molar-refractivity contribution < 1.29 is 8.94 Å². The molecule has 0 unspecified atom stereocenters. The third-order valence-corrected chi connectivity index (χ3v) is 6.46. The van der Waals surface area contributed by atoms with Gasteiger partial charge in [-0.1, -0.05) is 47.3 Å². The summed E-state index contributed by atoms with van der Waals surface area (Å²) in [6, 6.07) is 12.1. The van der Waals surface area contributed by atoms with Crippen LogP contribution in [0.1, 0.15) is 40.5 Å². The molecule has 3 heterocycles. The molecule has 5 rings (SSSR count). The van der Waals surface area contributed by atoms with Gasteiger partial charge in [-0.3, -0.25) is 0 Å². The summed E-state index contributed by atoms with van der Waals surface area (Å²) in [7, 11) is 0. The van der Waals surface area contributed by atoms with Crippen LogP contribution < -0.4 is 0 Å². The van der Waals surface area contributed by atoms with Gasteiger partial charge < -0.3 is 8.94 Å². The fourth-order valence-electron chi connectivity index (χ4n) is 3.94. The highest BCUT2D eigenvalue weighted by atomic mass is 32.2. The molecule has 0 fully saturated rings. The van der Waals surface area contributed by atoms with E-state index < -0.39 is 0 Å². The zero-order chi connectivity index (χ0) is 21.4. The number of hydrogen-bond donors (Lipinski definition) is 0. The molecule has 3 aromatic heterocycles. The van der Waals surface area contributed by atoms with Gasteiger partial charge in [0, 0.05) is 11.3 Å². The Hall–Kier alpha value is -3.44. The number of benzene rings is 1. The van der Waals surface area contributed by atoms with E-state index in [1.165, 1.54) is 17.3 Å². The molecule has 7 nitrogen and oxygen atoms in total. The highest BCUT2D eigenvalue weighted by molar-refractivity contribution is 7.98. The molecule has 154 valence electrons. The van der Waals surface area contributed by atoms with Gasteiger partial charge in [-0.2, -0.15) is 5.26 Å². The van der Waals surface area contributed by atoms with Crippen LogP contribution in [0.15, 0.2) is 44.3 Å². The van der Waals surface area contributed by atoms with Crippen LogP contribution in [-0.2, 0) is 18.6 Å². The number of nitrogens with zero attached hydrogens (tertiary/aromatic N) is 5. The Morgan fingerprint density at radius 3 is 2.77 bits per heavy atom. The number of aromatic nitrogens is 4. The van der Waals surface area contributed by atoms with Gasteiger partial charge in [0.2, 0.25) is 5.89 Å². The molecule has 0 spiro atoms. The molecule has 31 heavy (non-hydrogen) atoms. The third kappa shape index (κ3) is 3.51. The first kappa shape index (κ1) is 19.5. The van der Waals surface area contributed by atoms with E-state index in [9.17, 15) is 5.26 Å². The molecule has 4 aromatic rings. The number of thioether (sulfide) groups is 1. The van der Waals surface area contributed by atoms with Crippen molar-refractivity contribution in [2.45, 2.75) is 43.9 Å². The summed E-state index contributed by atoms with van der Waals surface area (Å²) in [5, 5.41) is 23.0. The van der Waals surface area contributed by atoms with E-state index in [0.717, 1.165) is 41.1 Å². The van der Waals surface area contributed by atoms with Crippen LogP contribution in [0, 0.1) is 25.2 Å². The van der Waals surface area contributed by atoms with Crippen molar-refractivity contribution in [3.05, 3.63) is 64.4 Å². The van der Waals surface area contributed by atoms with E-state index in [2.05, 4.69) is 21.4 Å². The number of nitriles is 1. The largest absolute Gasteiger partial charge is 0.420 e. The molecule has 8 heteroatoms.